The van der Waals surface area contributed by atoms with Crippen molar-refractivity contribution in [3.8, 4) is 11.4 Å². The summed E-state index contributed by atoms with van der Waals surface area (Å²) < 4.78 is 26.8. The van der Waals surface area contributed by atoms with Crippen LogP contribution >= 0.6 is 0 Å². The standard InChI is InChI=1S/C24H29N5O3S/c1-3-4-14-33(31,32)29-12-10-28(11-13-29)24-20-9-8-17(2)15-21(20)26-23(27-24)19-7-5-6-18(16-19)22(25)30/h5-9,15-16H,3-4,10-14H2,1-2H3,(H2,25,30). The first-order chi connectivity index (χ1) is 15.8. The number of hydrogen-bond acceptors (Lipinski definition) is 6. The maximum absolute atomic E-state index is 12.6. The molecule has 33 heavy (non-hydrogen) atoms. The lowest BCUT2D eigenvalue weighted by atomic mass is 10.1. The normalized spacial score (nSPS) is 15.2. The quantitative estimate of drug-likeness (QED) is 0.572. The summed E-state index contributed by atoms with van der Waals surface area (Å²) >= 11 is 0. The van der Waals surface area contributed by atoms with Crippen molar-refractivity contribution in [3.63, 3.8) is 0 Å². The predicted molar refractivity (Wildman–Crippen MR) is 131 cm³/mol. The van der Waals surface area contributed by atoms with Crippen molar-refractivity contribution in [2.24, 2.45) is 5.73 Å². The molecule has 8 nitrogen and oxygen atoms in total. The van der Waals surface area contributed by atoms with Gasteiger partial charge in [0.05, 0.1) is 11.3 Å². The minimum atomic E-state index is -3.23. The average Bonchev–Trinajstić information content (AvgIpc) is 2.82. The van der Waals surface area contributed by atoms with Crippen molar-refractivity contribution < 1.29 is 13.2 Å². The second kappa shape index (κ2) is 9.44. The minimum Gasteiger partial charge on any atom is -0.366 e. The van der Waals surface area contributed by atoms with Crippen LogP contribution in [0.4, 0.5) is 5.82 Å². The number of aryl methyl sites for hydroxylation is 1. The van der Waals surface area contributed by atoms with Crippen LogP contribution in [0.5, 0.6) is 0 Å². The Morgan fingerprint density at radius 3 is 2.52 bits per heavy atom. The number of hydrogen-bond donors (Lipinski definition) is 1. The van der Waals surface area contributed by atoms with E-state index >= 15 is 0 Å². The van der Waals surface area contributed by atoms with Crippen LogP contribution in [0.25, 0.3) is 22.3 Å². The van der Waals surface area contributed by atoms with Gasteiger partial charge in [-0.25, -0.2) is 18.4 Å². The molecular weight excluding hydrogens is 438 g/mol. The smallest absolute Gasteiger partial charge is 0.248 e. The van der Waals surface area contributed by atoms with E-state index in [9.17, 15) is 13.2 Å². The lowest BCUT2D eigenvalue weighted by molar-refractivity contribution is 0.100. The summed E-state index contributed by atoms with van der Waals surface area (Å²) in [5, 5.41) is 0.915. The van der Waals surface area contributed by atoms with Gasteiger partial charge in [-0.3, -0.25) is 4.79 Å². The highest BCUT2D eigenvalue weighted by atomic mass is 32.2. The molecule has 1 fully saturated rings. The van der Waals surface area contributed by atoms with Crippen LogP contribution in [-0.4, -0.2) is 60.5 Å². The molecule has 0 unspecified atom stereocenters. The van der Waals surface area contributed by atoms with Gasteiger partial charge in [-0.2, -0.15) is 4.31 Å². The topological polar surface area (TPSA) is 109 Å². The molecule has 2 aromatic carbocycles. The number of nitrogens with two attached hydrogens (primary N) is 1. The Balaban J connectivity index is 1.69. The van der Waals surface area contributed by atoms with Crippen LogP contribution in [0.1, 0.15) is 35.7 Å². The molecule has 2 N–H and O–H groups in total. The first kappa shape index (κ1) is 23.1. The van der Waals surface area contributed by atoms with Crippen LogP contribution in [-0.2, 0) is 10.0 Å². The van der Waals surface area contributed by atoms with Crippen molar-refractivity contribution in [2.75, 3.05) is 36.8 Å². The SMILES string of the molecule is CCCCS(=O)(=O)N1CCN(c2nc(-c3cccc(C(N)=O)c3)nc3cc(C)ccc23)CC1. The third-order valence-corrected chi connectivity index (χ3v) is 7.88. The maximum Gasteiger partial charge on any atom is 0.248 e. The van der Waals surface area contributed by atoms with Crippen molar-refractivity contribution in [1.29, 1.82) is 0 Å². The van der Waals surface area contributed by atoms with Gasteiger partial charge in [0, 0.05) is 42.7 Å². The second-order valence-corrected chi connectivity index (χ2v) is 10.5. The highest BCUT2D eigenvalue weighted by Crippen LogP contribution is 2.29. The number of anilines is 1. The molecule has 174 valence electrons. The monoisotopic (exact) mass is 467 g/mol. The van der Waals surface area contributed by atoms with E-state index in [4.69, 9.17) is 15.7 Å². The van der Waals surface area contributed by atoms with Crippen molar-refractivity contribution >= 4 is 32.7 Å². The summed E-state index contributed by atoms with van der Waals surface area (Å²) in [6.07, 6.45) is 1.53. The molecule has 0 spiro atoms. The van der Waals surface area contributed by atoms with Gasteiger partial charge in [0.15, 0.2) is 5.82 Å². The zero-order chi connectivity index (χ0) is 23.6. The van der Waals surface area contributed by atoms with Gasteiger partial charge in [0.25, 0.3) is 0 Å². The summed E-state index contributed by atoms with van der Waals surface area (Å²) in [7, 11) is -3.23. The summed E-state index contributed by atoms with van der Waals surface area (Å²) in [4.78, 5) is 23.4. The number of sulfonamides is 1. The summed E-state index contributed by atoms with van der Waals surface area (Å²) in [6, 6.07) is 13.0. The number of nitrogens with zero attached hydrogens (tertiary/aromatic N) is 4. The third kappa shape index (κ3) is 4.99. The van der Waals surface area contributed by atoms with E-state index in [0.29, 0.717) is 49.6 Å². The first-order valence-electron chi connectivity index (χ1n) is 11.2. The lowest BCUT2D eigenvalue weighted by Crippen LogP contribution is -2.49. The Labute approximate surface area is 194 Å². The van der Waals surface area contributed by atoms with E-state index < -0.39 is 15.9 Å². The van der Waals surface area contributed by atoms with E-state index in [2.05, 4.69) is 4.90 Å². The maximum atomic E-state index is 12.6. The van der Waals surface area contributed by atoms with Crippen LogP contribution in [0.15, 0.2) is 42.5 Å². The van der Waals surface area contributed by atoms with Crippen LogP contribution in [0.2, 0.25) is 0 Å². The first-order valence-corrected chi connectivity index (χ1v) is 12.8. The molecule has 0 saturated carbocycles. The van der Waals surface area contributed by atoms with E-state index in [1.54, 1.807) is 22.5 Å². The number of piperazine rings is 1. The van der Waals surface area contributed by atoms with E-state index in [1.807, 2.05) is 38.1 Å². The molecule has 0 radical (unpaired) electrons. The number of rotatable bonds is 7. The summed E-state index contributed by atoms with van der Waals surface area (Å²) in [6.45, 7) is 5.95. The highest BCUT2D eigenvalue weighted by molar-refractivity contribution is 7.89. The molecule has 0 bridgehead atoms. The molecule has 1 aromatic heterocycles. The molecule has 0 aliphatic carbocycles. The van der Waals surface area contributed by atoms with E-state index in [0.717, 1.165) is 28.7 Å². The number of carbonyl (C=O) groups excluding carboxylic acids is 1. The molecule has 2 heterocycles. The number of aromatic nitrogens is 2. The number of benzene rings is 2. The Kier molecular flexibility index (Phi) is 6.62. The zero-order valence-corrected chi connectivity index (χ0v) is 19.8. The predicted octanol–water partition coefficient (Wildman–Crippen LogP) is 2.96. The van der Waals surface area contributed by atoms with Gasteiger partial charge in [0.2, 0.25) is 15.9 Å². The molecule has 1 saturated heterocycles. The summed E-state index contributed by atoms with van der Waals surface area (Å²) in [5.74, 6) is 0.961. The fourth-order valence-electron chi connectivity index (χ4n) is 4.04. The van der Waals surface area contributed by atoms with Gasteiger partial charge >= 0.3 is 0 Å². The Morgan fingerprint density at radius 1 is 1.06 bits per heavy atom. The lowest BCUT2D eigenvalue weighted by Gasteiger charge is -2.35. The Bertz CT molecular complexity index is 1280. The second-order valence-electron chi connectivity index (χ2n) is 8.39. The molecule has 1 aliphatic rings. The van der Waals surface area contributed by atoms with Gasteiger partial charge < -0.3 is 10.6 Å². The van der Waals surface area contributed by atoms with Gasteiger partial charge in [0.1, 0.15) is 5.82 Å². The number of fused-ring (bicyclic) bond motifs is 1. The fraction of sp³-hybridized carbons (Fsp3) is 0.375. The average molecular weight is 468 g/mol. The highest BCUT2D eigenvalue weighted by Gasteiger charge is 2.28. The molecule has 3 aromatic rings. The van der Waals surface area contributed by atoms with Crippen LogP contribution in [0, 0.1) is 6.92 Å². The Morgan fingerprint density at radius 2 is 1.82 bits per heavy atom. The zero-order valence-electron chi connectivity index (χ0n) is 19.0. The van der Waals surface area contributed by atoms with Crippen molar-refractivity contribution in [1.82, 2.24) is 14.3 Å². The fourth-order valence-corrected chi connectivity index (χ4v) is 5.67. The Hall–Kier alpha value is -3.04. The third-order valence-electron chi connectivity index (χ3n) is 5.92. The molecular formula is C24H29N5O3S. The van der Waals surface area contributed by atoms with E-state index in [-0.39, 0.29) is 5.75 Å². The van der Waals surface area contributed by atoms with Crippen molar-refractivity contribution in [2.45, 2.75) is 26.7 Å². The summed E-state index contributed by atoms with van der Waals surface area (Å²) in [5.41, 5.74) is 8.44. The van der Waals surface area contributed by atoms with Crippen molar-refractivity contribution in [3.05, 3.63) is 53.6 Å². The molecule has 0 atom stereocenters. The minimum absolute atomic E-state index is 0.194. The van der Waals surface area contributed by atoms with Gasteiger partial charge in [-0.15, -0.1) is 0 Å². The number of unbranched alkanes of at least 4 members (excludes halogenated alkanes) is 1. The number of primary amides is 1. The number of carbonyl (C=O) groups is 1. The van der Waals surface area contributed by atoms with Crippen LogP contribution in [0.3, 0.4) is 0 Å². The molecule has 9 heteroatoms. The van der Waals surface area contributed by atoms with Gasteiger partial charge in [-0.05, 0) is 43.2 Å². The van der Waals surface area contributed by atoms with Gasteiger partial charge in [-0.1, -0.05) is 31.5 Å². The number of amides is 1. The molecule has 1 aliphatic heterocycles. The molecule has 1 amide bonds. The largest absolute Gasteiger partial charge is 0.366 e. The van der Waals surface area contributed by atoms with Crippen LogP contribution < -0.4 is 10.6 Å². The van der Waals surface area contributed by atoms with E-state index in [1.165, 1.54) is 0 Å². The molecule has 4 rings (SSSR count).